The van der Waals surface area contributed by atoms with Crippen LogP contribution in [0.15, 0.2) is 28.8 Å². The number of carbonyl (C=O) groups is 2. The highest BCUT2D eigenvalue weighted by atomic mass is 35.5. The first-order chi connectivity index (χ1) is 15.6. The predicted molar refractivity (Wildman–Crippen MR) is 118 cm³/mol. The summed E-state index contributed by atoms with van der Waals surface area (Å²) < 4.78 is 10.9. The third-order valence-electron chi connectivity index (χ3n) is 6.47. The van der Waals surface area contributed by atoms with Gasteiger partial charge in [-0.05, 0) is 36.2 Å². The van der Waals surface area contributed by atoms with Gasteiger partial charge in [0.1, 0.15) is 0 Å². The highest BCUT2D eigenvalue weighted by Crippen LogP contribution is 2.32. The minimum atomic E-state index is -0.325. The van der Waals surface area contributed by atoms with Gasteiger partial charge in [0, 0.05) is 55.8 Å². The number of carbonyl (C=O) groups excluding carboxylic acids is 2. The molecule has 1 atom stereocenters. The molecule has 4 heterocycles. The molecule has 0 aliphatic carbocycles. The van der Waals surface area contributed by atoms with Gasteiger partial charge in [0.2, 0.25) is 17.7 Å². The number of anilines is 2. The Morgan fingerprint density at radius 2 is 1.91 bits per heavy atom. The van der Waals surface area contributed by atoms with E-state index >= 15 is 0 Å². The summed E-state index contributed by atoms with van der Waals surface area (Å²) in [5, 5.41) is 4.71. The first kappa shape index (κ1) is 21.2. The Hall–Kier alpha value is -2.65. The summed E-state index contributed by atoms with van der Waals surface area (Å²) in [7, 11) is 0. The molecule has 10 heteroatoms. The van der Waals surface area contributed by atoms with Crippen molar-refractivity contribution in [3.05, 3.63) is 35.2 Å². The van der Waals surface area contributed by atoms with Gasteiger partial charge in [-0.3, -0.25) is 9.59 Å². The maximum atomic E-state index is 13.1. The van der Waals surface area contributed by atoms with E-state index < -0.39 is 0 Å². The average Bonchev–Trinajstić information content (AvgIpc) is 3.47. The van der Waals surface area contributed by atoms with Crippen LogP contribution in [0.4, 0.5) is 11.6 Å². The van der Waals surface area contributed by atoms with Crippen LogP contribution in [0.3, 0.4) is 0 Å². The SMILES string of the molecule is O=C(C1CC(=O)N(c2cccc(Cl)c2)C1)N1CCC(c2nc(N3CCOCC3)no2)CC1. The number of nitrogens with zero attached hydrogens (tertiary/aromatic N) is 5. The zero-order valence-corrected chi connectivity index (χ0v) is 18.5. The van der Waals surface area contributed by atoms with Crippen molar-refractivity contribution < 1.29 is 18.8 Å². The number of rotatable bonds is 4. The Bertz CT molecular complexity index is 984. The highest BCUT2D eigenvalue weighted by Gasteiger charge is 2.38. The van der Waals surface area contributed by atoms with Gasteiger partial charge in [0.15, 0.2) is 0 Å². The Kier molecular flexibility index (Phi) is 6.01. The maximum Gasteiger partial charge on any atom is 0.266 e. The van der Waals surface area contributed by atoms with Gasteiger partial charge in [0.05, 0.1) is 19.1 Å². The van der Waals surface area contributed by atoms with Crippen LogP contribution in [-0.2, 0) is 14.3 Å². The largest absolute Gasteiger partial charge is 0.378 e. The van der Waals surface area contributed by atoms with Crippen molar-refractivity contribution in [3.63, 3.8) is 0 Å². The first-order valence-electron chi connectivity index (χ1n) is 11.1. The van der Waals surface area contributed by atoms with Crippen LogP contribution in [0, 0.1) is 5.92 Å². The Balaban J connectivity index is 1.16. The zero-order chi connectivity index (χ0) is 22.1. The predicted octanol–water partition coefficient (Wildman–Crippen LogP) is 2.32. The van der Waals surface area contributed by atoms with E-state index in [0.29, 0.717) is 49.7 Å². The number of piperidine rings is 1. The fourth-order valence-corrected chi connectivity index (χ4v) is 4.84. The Morgan fingerprint density at radius 3 is 2.66 bits per heavy atom. The number of morpholine rings is 1. The van der Waals surface area contributed by atoms with Crippen molar-refractivity contribution in [1.29, 1.82) is 0 Å². The summed E-state index contributed by atoms with van der Waals surface area (Å²) in [6, 6.07) is 7.18. The summed E-state index contributed by atoms with van der Waals surface area (Å²) in [6.07, 6.45) is 1.78. The quantitative estimate of drug-likeness (QED) is 0.692. The Labute approximate surface area is 191 Å². The minimum Gasteiger partial charge on any atom is -0.378 e. The summed E-state index contributed by atoms with van der Waals surface area (Å²) >= 11 is 6.06. The smallest absolute Gasteiger partial charge is 0.266 e. The van der Waals surface area contributed by atoms with Gasteiger partial charge in [-0.2, -0.15) is 4.98 Å². The lowest BCUT2D eigenvalue weighted by Gasteiger charge is -2.32. The van der Waals surface area contributed by atoms with E-state index in [1.54, 1.807) is 17.0 Å². The lowest BCUT2D eigenvalue weighted by Crippen LogP contribution is -2.42. The third-order valence-corrected chi connectivity index (χ3v) is 6.71. The van der Waals surface area contributed by atoms with E-state index in [-0.39, 0.29) is 30.1 Å². The molecule has 170 valence electrons. The fraction of sp³-hybridized carbons (Fsp3) is 0.545. The lowest BCUT2D eigenvalue weighted by atomic mass is 9.95. The van der Waals surface area contributed by atoms with Crippen molar-refractivity contribution >= 4 is 35.1 Å². The number of hydrogen-bond donors (Lipinski definition) is 0. The molecule has 1 aromatic carbocycles. The van der Waals surface area contributed by atoms with Gasteiger partial charge >= 0.3 is 0 Å². The summed E-state index contributed by atoms with van der Waals surface area (Å²) in [6.45, 7) is 4.51. The van der Waals surface area contributed by atoms with Crippen molar-refractivity contribution in [3.8, 4) is 0 Å². The van der Waals surface area contributed by atoms with E-state index in [1.165, 1.54) is 0 Å². The summed E-state index contributed by atoms with van der Waals surface area (Å²) in [5.41, 5.74) is 0.740. The summed E-state index contributed by atoms with van der Waals surface area (Å²) in [5.74, 6) is 1.08. The van der Waals surface area contributed by atoms with Crippen LogP contribution >= 0.6 is 11.6 Å². The van der Waals surface area contributed by atoms with Crippen molar-refractivity contribution in [2.24, 2.45) is 5.92 Å². The second-order valence-corrected chi connectivity index (χ2v) is 8.95. The highest BCUT2D eigenvalue weighted by molar-refractivity contribution is 6.31. The van der Waals surface area contributed by atoms with E-state index in [4.69, 9.17) is 20.9 Å². The maximum absolute atomic E-state index is 13.1. The molecule has 5 rings (SSSR count). The molecule has 32 heavy (non-hydrogen) atoms. The average molecular weight is 460 g/mol. The van der Waals surface area contributed by atoms with E-state index in [1.807, 2.05) is 17.0 Å². The number of halogens is 1. The van der Waals surface area contributed by atoms with Crippen molar-refractivity contribution in [2.45, 2.75) is 25.2 Å². The molecule has 3 aliphatic rings. The number of hydrogen-bond acceptors (Lipinski definition) is 7. The molecule has 3 fully saturated rings. The monoisotopic (exact) mass is 459 g/mol. The number of amides is 2. The number of likely N-dealkylation sites (tertiary alicyclic amines) is 1. The summed E-state index contributed by atoms with van der Waals surface area (Å²) in [4.78, 5) is 35.8. The van der Waals surface area contributed by atoms with E-state index in [2.05, 4.69) is 15.0 Å². The van der Waals surface area contributed by atoms with Gasteiger partial charge in [0.25, 0.3) is 5.95 Å². The van der Waals surface area contributed by atoms with Crippen LogP contribution in [0.5, 0.6) is 0 Å². The molecule has 0 N–H and O–H groups in total. The van der Waals surface area contributed by atoms with E-state index in [9.17, 15) is 9.59 Å². The van der Waals surface area contributed by atoms with Crippen LogP contribution in [-0.4, -0.2) is 72.8 Å². The molecule has 3 saturated heterocycles. The van der Waals surface area contributed by atoms with Gasteiger partial charge < -0.3 is 24.0 Å². The molecule has 0 spiro atoms. The van der Waals surface area contributed by atoms with Gasteiger partial charge in [-0.1, -0.05) is 17.7 Å². The molecule has 0 bridgehead atoms. The fourth-order valence-electron chi connectivity index (χ4n) is 4.66. The third kappa shape index (κ3) is 4.31. The number of aromatic nitrogens is 2. The molecular weight excluding hydrogens is 434 g/mol. The lowest BCUT2D eigenvalue weighted by molar-refractivity contribution is -0.136. The van der Waals surface area contributed by atoms with Crippen LogP contribution in [0.1, 0.15) is 31.1 Å². The molecule has 1 aromatic heterocycles. The molecule has 0 radical (unpaired) electrons. The Morgan fingerprint density at radius 1 is 1.12 bits per heavy atom. The molecule has 3 aliphatic heterocycles. The van der Waals surface area contributed by atoms with E-state index in [0.717, 1.165) is 31.6 Å². The molecular formula is C22H26ClN5O4. The van der Waals surface area contributed by atoms with Crippen molar-refractivity contribution in [1.82, 2.24) is 15.0 Å². The van der Waals surface area contributed by atoms with Crippen LogP contribution in [0.2, 0.25) is 5.02 Å². The van der Waals surface area contributed by atoms with Crippen LogP contribution in [0.25, 0.3) is 0 Å². The van der Waals surface area contributed by atoms with Gasteiger partial charge in [-0.15, -0.1) is 0 Å². The van der Waals surface area contributed by atoms with Crippen LogP contribution < -0.4 is 9.80 Å². The normalized spacial score (nSPS) is 22.6. The molecule has 0 saturated carbocycles. The minimum absolute atomic E-state index is 0.0398. The number of benzene rings is 1. The zero-order valence-electron chi connectivity index (χ0n) is 17.8. The topological polar surface area (TPSA) is 92.0 Å². The van der Waals surface area contributed by atoms with Crippen molar-refractivity contribution in [2.75, 3.05) is 55.7 Å². The molecule has 2 aromatic rings. The molecule has 1 unspecified atom stereocenters. The first-order valence-corrected chi connectivity index (χ1v) is 11.5. The second kappa shape index (κ2) is 9.07. The number of ether oxygens (including phenoxy) is 1. The van der Waals surface area contributed by atoms with Gasteiger partial charge in [-0.25, -0.2) is 0 Å². The standard InChI is InChI=1S/C22H26ClN5O4/c23-17-2-1-3-18(13-17)28-14-16(12-19(28)29)21(30)26-6-4-15(5-7-26)20-24-22(25-32-20)27-8-10-31-11-9-27/h1-3,13,15-16H,4-12,14H2. The molecule has 9 nitrogen and oxygen atoms in total. The second-order valence-electron chi connectivity index (χ2n) is 8.52. The molecule has 2 amide bonds.